The fourth-order valence-corrected chi connectivity index (χ4v) is 2.31. The van der Waals surface area contributed by atoms with Gasteiger partial charge in [-0.15, -0.1) is 0 Å². The van der Waals surface area contributed by atoms with Crippen molar-refractivity contribution >= 4 is 18.0 Å². The quantitative estimate of drug-likeness (QED) is 0.536. The number of hydrogen-bond donors (Lipinski definition) is 2. The number of methoxy groups -OCH3 is 2. The number of benzene rings is 2. The van der Waals surface area contributed by atoms with Crippen LogP contribution in [0.4, 0.5) is 0 Å². The predicted octanol–water partition coefficient (Wildman–Crippen LogP) is 2.67. The molecule has 2 rings (SSSR count). The molecule has 28 heavy (non-hydrogen) atoms. The number of carbonyl (C=O) groups is 2. The average molecular weight is 385 g/mol. The summed E-state index contributed by atoms with van der Waals surface area (Å²) in [5, 5.41) is 12.3. The van der Waals surface area contributed by atoms with Gasteiger partial charge in [-0.1, -0.05) is 18.2 Å². The second kappa shape index (κ2) is 10.0. The summed E-state index contributed by atoms with van der Waals surface area (Å²) >= 11 is 0. The summed E-state index contributed by atoms with van der Waals surface area (Å²) in [6, 6.07) is 11.9. The Morgan fingerprint density at radius 2 is 1.82 bits per heavy atom. The minimum atomic E-state index is -0.940. The van der Waals surface area contributed by atoms with E-state index in [4.69, 9.17) is 14.2 Å². The minimum Gasteiger partial charge on any atom is -0.504 e. The van der Waals surface area contributed by atoms with Crippen molar-refractivity contribution in [3.63, 3.8) is 0 Å². The topological polar surface area (TPSA) is 94.1 Å². The molecule has 0 aliphatic heterocycles. The van der Waals surface area contributed by atoms with Crippen LogP contribution in [0.2, 0.25) is 0 Å². The van der Waals surface area contributed by atoms with Gasteiger partial charge in [-0.2, -0.15) is 0 Å². The first-order chi connectivity index (χ1) is 13.4. The van der Waals surface area contributed by atoms with E-state index in [1.165, 1.54) is 32.3 Å². The van der Waals surface area contributed by atoms with E-state index in [0.29, 0.717) is 17.9 Å². The molecule has 0 bridgehead atoms. The summed E-state index contributed by atoms with van der Waals surface area (Å²) in [5.74, 6) is -0.0235. The Kier molecular flexibility index (Phi) is 7.45. The molecule has 2 aromatic carbocycles. The highest BCUT2D eigenvalue weighted by atomic mass is 16.5. The van der Waals surface area contributed by atoms with Crippen LogP contribution in [0.5, 0.6) is 17.2 Å². The molecule has 0 radical (unpaired) electrons. The lowest BCUT2D eigenvalue weighted by molar-refractivity contribution is -0.150. The van der Waals surface area contributed by atoms with Gasteiger partial charge in [-0.05, 0) is 48.4 Å². The number of amides is 1. The molecule has 1 amide bonds. The number of phenolic OH excluding ortho intramolecular Hbond substituents is 1. The summed E-state index contributed by atoms with van der Waals surface area (Å²) < 4.78 is 15.2. The van der Waals surface area contributed by atoms with Crippen molar-refractivity contribution in [1.29, 1.82) is 0 Å². The van der Waals surface area contributed by atoms with Gasteiger partial charge in [0.1, 0.15) is 5.75 Å². The maximum Gasteiger partial charge on any atom is 0.331 e. The first-order valence-electron chi connectivity index (χ1n) is 8.59. The fraction of sp³-hybridized carbons (Fsp3) is 0.238. The van der Waals surface area contributed by atoms with Crippen LogP contribution in [0.25, 0.3) is 6.08 Å². The van der Waals surface area contributed by atoms with Crippen molar-refractivity contribution < 1.29 is 28.9 Å². The molecule has 1 atom stereocenters. The first-order valence-corrected chi connectivity index (χ1v) is 8.59. The SMILES string of the molecule is COc1ccc(CNC(=O)[C@@H](C)OC(=O)/C=C/c2ccc(O)c(OC)c2)cc1. The average Bonchev–Trinajstić information content (AvgIpc) is 2.71. The van der Waals surface area contributed by atoms with Gasteiger partial charge in [-0.3, -0.25) is 4.79 Å². The number of nitrogens with one attached hydrogen (secondary N) is 1. The smallest absolute Gasteiger partial charge is 0.331 e. The van der Waals surface area contributed by atoms with E-state index in [0.717, 1.165) is 11.3 Å². The van der Waals surface area contributed by atoms with E-state index < -0.39 is 18.0 Å². The van der Waals surface area contributed by atoms with E-state index >= 15 is 0 Å². The van der Waals surface area contributed by atoms with E-state index in [1.54, 1.807) is 31.4 Å². The molecule has 0 aromatic heterocycles. The lowest BCUT2D eigenvalue weighted by Gasteiger charge is -2.12. The van der Waals surface area contributed by atoms with Crippen LogP contribution in [-0.2, 0) is 20.9 Å². The Morgan fingerprint density at radius 1 is 1.11 bits per heavy atom. The second-order valence-corrected chi connectivity index (χ2v) is 5.91. The number of aromatic hydroxyl groups is 1. The van der Waals surface area contributed by atoms with Crippen molar-refractivity contribution in [2.45, 2.75) is 19.6 Å². The number of hydrogen-bond acceptors (Lipinski definition) is 6. The van der Waals surface area contributed by atoms with Crippen molar-refractivity contribution in [2.24, 2.45) is 0 Å². The van der Waals surface area contributed by atoms with E-state index in [-0.39, 0.29) is 5.75 Å². The Bertz CT molecular complexity index is 844. The zero-order valence-electron chi connectivity index (χ0n) is 16.0. The van der Waals surface area contributed by atoms with Gasteiger partial charge in [0.15, 0.2) is 17.6 Å². The molecule has 7 heteroatoms. The van der Waals surface area contributed by atoms with Crippen molar-refractivity contribution in [3.05, 3.63) is 59.7 Å². The van der Waals surface area contributed by atoms with Gasteiger partial charge >= 0.3 is 5.97 Å². The Balaban J connectivity index is 1.84. The third-order valence-electron chi connectivity index (χ3n) is 3.90. The monoisotopic (exact) mass is 385 g/mol. The number of esters is 1. The zero-order chi connectivity index (χ0) is 20.5. The maximum atomic E-state index is 12.1. The molecule has 0 aliphatic rings. The molecule has 0 saturated heterocycles. The van der Waals surface area contributed by atoms with Gasteiger partial charge in [0.25, 0.3) is 5.91 Å². The van der Waals surface area contributed by atoms with Crippen LogP contribution < -0.4 is 14.8 Å². The highest BCUT2D eigenvalue weighted by Gasteiger charge is 2.16. The Labute approximate surface area is 163 Å². The minimum absolute atomic E-state index is 0.00406. The number of rotatable bonds is 8. The molecule has 0 aliphatic carbocycles. The molecule has 0 spiro atoms. The summed E-state index contributed by atoms with van der Waals surface area (Å²) in [4.78, 5) is 24.0. The molecule has 0 unspecified atom stereocenters. The van der Waals surface area contributed by atoms with Crippen LogP contribution in [0.15, 0.2) is 48.5 Å². The third-order valence-corrected chi connectivity index (χ3v) is 3.90. The molecule has 2 aromatic rings. The van der Waals surface area contributed by atoms with Crippen LogP contribution in [0, 0.1) is 0 Å². The summed E-state index contributed by atoms with van der Waals surface area (Å²) in [6.45, 7) is 1.81. The molecular formula is C21H23NO6. The molecule has 0 heterocycles. The normalized spacial score (nSPS) is 11.7. The molecule has 2 N–H and O–H groups in total. The van der Waals surface area contributed by atoms with Gasteiger partial charge in [0, 0.05) is 12.6 Å². The third kappa shape index (κ3) is 6.05. The van der Waals surface area contributed by atoms with Crippen molar-refractivity contribution in [3.8, 4) is 17.2 Å². The Morgan fingerprint density at radius 3 is 2.46 bits per heavy atom. The van der Waals surface area contributed by atoms with Crippen LogP contribution in [0.3, 0.4) is 0 Å². The second-order valence-electron chi connectivity index (χ2n) is 5.91. The van der Waals surface area contributed by atoms with Gasteiger partial charge in [-0.25, -0.2) is 4.79 Å². The number of phenols is 1. The summed E-state index contributed by atoms with van der Waals surface area (Å²) in [5.41, 5.74) is 1.54. The van der Waals surface area contributed by atoms with Gasteiger partial charge in [0.2, 0.25) is 0 Å². The van der Waals surface area contributed by atoms with Crippen LogP contribution >= 0.6 is 0 Å². The lowest BCUT2D eigenvalue weighted by Crippen LogP contribution is -2.35. The fourth-order valence-electron chi connectivity index (χ4n) is 2.31. The number of ether oxygens (including phenoxy) is 3. The van der Waals surface area contributed by atoms with Gasteiger partial charge < -0.3 is 24.6 Å². The molecule has 148 valence electrons. The van der Waals surface area contributed by atoms with Crippen molar-refractivity contribution in [1.82, 2.24) is 5.32 Å². The maximum absolute atomic E-state index is 12.1. The van der Waals surface area contributed by atoms with Crippen LogP contribution in [0.1, 0.15) is 18.1 Å². The van der Waals surface area contributed by atoms with Gasteiger partial charge in [0.05, 0.1) is 14.2 Å². The molecular weight excluding hydrogens is 362 g/mol. The largest absolute Gasteiger partial charge is 0.504 e. The van der Waals surface area contributed by atoms with Crippen molar-refractivity contribution in [2.75, 3.05) is 14.2 Å². The highest BCUT2D eigenvalue weighted by Crippen LogP contribution is 2.26. The summed E-state index contributed by atoms with van der Waals surface area (Å²) in [7, 11) is 3.02. The summed E-state index contributed by atoms with van der Waals surface area (Å²) in [6.07, 6.45) is 1.77. The molecule has 0 saturated carbocycles. The standard InChI is InChI=1S/C21H23NO6/c1-14(21(25)22-13-16-4-8-17(26-2)9-5-16)28-20(24)11-7-15-6-10-18(23)19(12-15)27-3/h4-12,14,23H,13H2,1-3H3,(H,22,25)/b11-7+/t14-/m1/s1. The van der Waals surface area contributed by atoms with E-state index in [2.05, 4.69) is 5.32 Å². The van der Waals surface area contributed by atoms with Crippen LogP contribution in [-0.4, -0.2) is 37.3 Å². The van der Waals surface area contributed by atoms with E-state index in [1.807, 2.05) is 12.1 Å². The number of carbonyl (C=O) groups excluding carboxylic acids is 2. The first kappa shape index (κ1) is 20.8. The molecule has 0 fully saturated rings. The lowest BCUT2D eigenvalue weighted by atomic mass is 10.2. The predicted molar refractivity (Wildman–Crippen MR) is 104 cm³/mol. The zero-order valence-corrected chi connectivity index (χ0v) is 16.0. The highest BCUT2D eigenvalue weighted by molar-refractivity contribution is 5.90. The van der Waals surface area contributed by atoms with E-state index in [9.17, 15) is 14.7 Å². The molecule has 7 nitrogen and oxygen atoms in total. The Hall–Kier alpha value is -3.48.